The second kappa shape index (κ2) is 6.04. The number of hydrogen-bond donors (Lipinski definition) is 2. The SMILES string of the molecule is CC(NCc1ccc(F)c(Cl)c1)c1ccc(O)cc1. The van der Waals surface area contributed by atoms with E-state index in [2.05, 4.69) is 5.32 Å². The number of halogens is 2. The van der Waals surface area contributed by atoms with Gasteiger partial charge in [0.2, 0.25) is 0 Å². The fourth-order valence-corrected chi connectivity index (χ4v) is 2.00. The molecule has 100 valence electrons. The number of hydrogen-bond acceptors (Lipinski definition) is 2. The van der Waals surface area contributed by atoms with Gasteiger partial charge in [0, 0.05) is 12.6 Å². The zero-order valence-corrected chi connectivity index (χ0v) is 11.3. The first-order chi connectivity index (χ1) is 9.06. The lowest BCUT2D eigenvalue weighted by atomic mass is 10.1. The first-order valence-electron chi connectivity index (χ1n) is 6.02. The van der Waals surface area contributed by atoms with Crippen LogP contribution in [0.25, 0.3) is 0 Å². The summed E-state index contributed by atoms with van der Waals surface area (Å²) in [6.07, 6.45) is 0. The van der Waals surface area contributed by atoms with Gasteiger partial charge >= 0.3 is 0 Å². The van der Waals surface area contributed by atoms with Gasteiger partial charge in [-0.2, -0.15) is 0 Å². The monoisotopic (exact) mass is 279 g/mol. The fourth-order valence-electron chi connectivity index (χ4n) is 1.80. The number of phenols is 1. The molecule has 1 atom stereocenters. The average Bonchev–Trinajstić information content (AvgIpc) is 2.40. The third-order valence-electron chi connectivity index (χ3n) is 2.99. The lowest BCUT2D eigenvalue weighted by Crippen LogP contribution is -2.18. The highest BCUT2D eigenvalue weighted by atomic mass is 35.5. The van der Waals surface area contributed by atoms with Crippen molar-refractivity contribution in [2.24, 2.45) is 0 Å². The Balaban J connectivity index is 1.98. The van der Waals surface area contributed by atoms with Crippen molar-refractivity contribution in [3.63, 3.8) is 0 Å². The van der Waals surface area contributed by atoms with E-state index in [1.807, 2.05) is 19.1 Å². The normalized spacial score (nSPS) is 12.4. The Kier molecular flexibility index (Phi) is 4.40. The summed E-state index contributed by atoms with van der Waals surface area (Å²) in [5.74, 6) is -0.154. The van der Waals surface area contributed by atoms with Crippen LogP contribution in [0.2, 0.25) is 5.02 Å². The lowest BCUT2D eigenvalue weighted by molar-refractivity contribution is 0.474. The van der Waals surface area contributed by atoms with Gasteiger partial charge in [0.25, 0.3) is 0 Å². The minimum Gasteiger partial charge on any atom is -0.508 e. The molecule has 4 heteroatoms. The van der Waals surface area contributed by atoms with Crippen molar-refractivity contribution in [3.8, 4) is 5.75 Å². The number of aromatic hydroxyl groups is 1. The summed E-state index contributed by atoms with van der Waals surface area (Å²) in [5.41, 5.74) is 2.00. The highest BCUT2D eigenvalue weighted by Crippen LogP contribution is 2.19. The van der Waals surface area contributed by atoms with Crippen molar-refractivity contribution in [1.29, 1.82) is 0 Å². The molecule has 2 aromatic carbocycles. The molecule has 0 aromatic heterocycles. The van der Waals surface area contributed by atoms with Crippen LogP contribution in [-0.4, -0.2) is 5.11 Å². The van der Waals surface area contributed by atoms with Crippen molar-refractivity contribution < 1.29 is 9.50 Å². The van der Waals surface area contributed by atoms with E-state index in [0.29, 0.717) is 6.54 Å². The van der Waals surface area contributed by atoms with E-state index in [0.717, 1.165) is 11.1 Å². The van der Waals surface area contributed by atoms with E-state index in [1.54, 1.807) is 24.3 Å². The van der Waals surface area contributed by atoms with Crippen molar-refractivity contribution in [1.82, 2.24) is 5.32 Å². The molecule has 0 amide bonds. The first kappa shape index (κ1) is 13.8. The van der Waals surface area contributed by atoms with E-state index in [9.17, 15) is 9.50 Å². The summed E-state index contributed by atoms with van der Waals surface area (Å²) in [5, 5.41) is 12.7. The van der Waals surface area contributed by atoms with Crippen molar-refractivity contribution >= 4 is 11.6 Å². The van der Waals surface area contributed by atoms with Crippen LogP contribution < -0.4 is 5.32 Å². The van der Waals surface area contributed by atoms with Crippen LogP contribution in [0.15, 0.2) is 42.5 Å². The van der Waals surface area contributed by atoms with Crippen molar-refractivity contribution in [3.05, 3.63) is 64.4 Å². The molecule has 0 aliphatic rings. The minimum atomic E-state index is -0.406. The molecule has 0 radical (unpaired) electrons. The topological polar surface area (TPSA) is 32.3 Å². The molecule has 0 spiro atoms. The maximum Gasteiger partial charge on any atom is 0.141 e. The van der Waals surface area contributed by atoms with E-state index < -0.39 is 5.82 Å². The Bertz CT molecular complexity index is 557. The first-order valence-corrected chi connectivity index (χ1v) is 6.40. The highest BCUT2D eigenvalue weighted by molar-refractivity contribution is 6.30. The number of benzene rings is 2. The Morgan fingerprint density at radius 1 is 1.21 bits per heavy atom. The summed E-state index contributed by atoms with van der Waals surface area (Å²) >= 11 is 5.73. The van der Waals surface area contributed by atoms with Gasteiger partial charge in [-0.25, -0.2) is 4.39 Å². The summed E-state index contributed by atoms with van der Waals surface area (Å²) in [6, 6.07) is 11.9. The van der Waals surface area contributed by atoms with Crippen molar-refractivity contribution in [2.75, 3.05) is 0 Å². The molecule has 2 N–H and O–H groups in total. The predicted octanol–water partition coefficient (Wildman–Crippen LogP) is 4.04. The van der Waals surface area contributed by atoms with Gasteiger partial charge in [-0.3, -0.25) is 0 Å². The van der Waals surface area contributed by atoms with Gasteiger partial charge in [0.1, 0.15) is 11.6 Å². The molecule has 2 rings (SSSR count). The van der Waals surface area contributed by atoms with Gasteiger partial charge in [-0.05, 0) is 42.3 Å². The average molecular weight is 280 g/mol. The Hall–Kier alpha value is -1.58. The van der Waals surface area contributed by atoms with E-state index in [1.165, 1.54) is 6.07 Å². The molecular formula is C15H15ClFNO. The Labute approximate surface area is 116 Å². The van der Waals surface area contributed by atoms with Gasteiger partial charge in [0.05, 0.1) is 5.02 Å². The molecule has 0 fully saturated rings. The van der Waals surface area contributed by atoms with E-state index in [4.69, 9.17) is 11.6 Å². The number of phenolic OH excluding ortho intramolecular Hbond substituents is 1. The molecule has 2 aromatic rings. The molecule has 0 aliphatic heterocycles. The third kappa shape index (κ3) is 3.69. The molecule has 0 saturated carbocycles. The summed E-state index contributed by atoms with van der Waals surface area (Å²) in [7, 11) is 0. The molecule has 0 heterocycles. The third-order valence-corrected chi connectivity index (χ3v) is 3.28. The summed E-state index contributed by atoms with van der Waals surface area (Å²) < 4.78 is 13.0. The minimum absolute atomic E-state index is 0.129. The second-order valence-corrected chi connectivity index (χ2v) is 4.85. The maximum absolute atomic E-state index is 13.0. The molecule has 2 nitrogen and oxygen atoms in total. The Morgan fingerprint density at radius 2 is 1.89 bits per heavy atom. The van der Waals surface area contributed by atoms with Crippen LogP contribution in [0, 0.1) is 5.82 Å². The lowest BCUT2D eigenvalue weighted by Gasteiger charge is -2.14. The van der Waals surface area contributed by atoms with Gasteiger partial charge in [-0.15, -0.1) is 0 Å². The fraction of sp³-hybridized carbons (Fsp3) is 0.200. The van der Waals surface area contributed by atoms with Crippen LogP contribution in [0.3, 0.4) is 0 Å². The standard InChI is InChI=1S/C15H15ClFNO/c1-10(12-3-5-13(19)6-4-12)18-9-11-2-7-15(17)14(16)8-11/h2-8,10,18-19H,9H2,1H3. The van der Waals surface area contributed by atoms with Crippen LogP contribution in [0.4, 0.5) is 4.39 Å². The molecular weight excluding hydrogens is 265 g/mol. The van der Waals surface area contributed by atoms with E-state index in [-0.39, 0.29) is 16.8 Å². The summed E-state index contributed by atoms with van der Waals surface area (Å²) in [6.45, 7) is 2.62. The second-order valence-electron chi connectivity index (χ2n) is 4.44. The zero-order chi connectivity index (χ0) is 13.8. The maximum atomic E-state index is 13.0. The van der Waals surface area contributed by atoms with Crippen molar-refractivity contribution in [2.45, 2.75) is 19.5 Å². The Morgan fingerprint density at radius 3 is 2.53 bits per heavy atom. The molecule has 19 heavy (non-hydrogen) atoms. The molecule has 1 unspecified atom stereocenters. The van der Waals surface area contributed by atoms with E-state index >= 15 is 0 Å². The number of rotatable bonds is 4. The quantitative estimate of drug-likeness (QED) is 0.885. The van der Waals surface area contributed by atoms with Gasteiger partial charge < -0.3 is 10.4 Å². The smallest absolute Gasteiger partial charge is 0.141 e. The van der Waals surface area contributed by atoms with Gasteiger partial charge in [0.15, 0.2) is 0 Å². The molecule has 0 bridgehead atoms. The summed E-state index contributed by atoms with van der Waals surface area (Å²) in [4.78, 5) is 0. The number of nitrogens with one attached hydrogen (secondary N) is 1. The highest BCUT2D eigenvalue weighted by Gasteiger charge is 2.06. The molecule has 0 aliphatic carbocycles. The van der Waals surface area contributed by atoms with Crippen LogP contribution in [0.1, 0.15) is 24.1 Å². The van der Waals surface area contributed by atoms with Crippen LogP contribution in [0.5, 0.6) is 5.75 Å². The zero-order valence-electron chi connectivity index (χ0n) is 10.5. The molecule has 0 saturated heterocycles. The van der Waals surface area contributed by atoms with Crippen LogP contribution >= 0.6 is 11.6 Å². The predicted molar refractivity (Wildman–Crippen MR) is 74.8 cm³/mol. The van der Waals surface area contributed by atoms with Gasteiger partial charge in [-0.1, -0.05) is 29.8 Å². The largest absolute Gasteiger partial charge is 0.508 e. The van der Waals surface area contributed by atoms with Crippen LogP contribution in [-0.2, 0) is 6.54 Å².